The molecule has 3 nitrogen and oxygen atoms in total. The van der Waals surface area contributed by atoms with Gasteiger partial charge in [0.2, 0.25) is 0 Å². The molecule has 0 saturated heterocycles. The summed E-state index contributed by atoms with van der Waals surface area (Å²) in [6.45, 7) is 3.61. The van der Waals surface area contributed by atoms with Gasteiger partial charge in [0.1, 0.15) is 0 Å². The van der Waals surface area contributed by atoms with E-state index < -0.39 is 9.84 Å². The minimum Gasteiger partial charge on any atom is -0.294 e. The van der Waals surface area contributed by atoms with Crippen molar-refractivity contribution >= 4 is 31.6 Å². The summed E-state index contributed by atoms with van der Waals surface area (Å²) < 4.78 is 23.1. The second-order valence-electron chi connectivity index (χ2n) is 3.93. The first kappa shape index (κ1) is 13.4. The van der Waals surface area contributed by atoms with Crippen LogP contribution in [-0.4, -0.2) is 20.5 Å². The second-order valence-corrected chi connectivity index (χ2v) is 6.80. The van der Waals surface area contributed by atoms with Crippen LogP contribution in [0.2, 0.25) is 0 Å². The largest absolute Gasteiger partial charge is 0.294 e. The molecule has 0 unspecified atom stereocenters. The molecule has 5 heteroatoms. The van der Waals surface area contributed by atoms with E-state index in [9.17, 15) is 13.2 Å². The van der Waals surface area contributed by atoms with Crippen LogP contribution in [0.15, 0.2) is 27.6 Å². The Balaban J connectivity index is 3.26. The van der Waals surface area contributed by atoms with Crippen LogP contribution in [0.25, 0.3) is 0 Å². The maximum atomic E-state index is 11.7. The van der Waals surface area contributed by atoms with Gasteiger partial charge in [-0.1, -0.05) is 29.8 Å². The monoisotopic (exact) mass is 304 g/mol. The molecule has 0 atom stereocenters. The Morgan fingerprint density at radius 1 is 1.31 bits per heavy atom. The number of hydrogen-bond donors (Lipinski definition) is 0. The third kappa shape index (κ3) is 2.92. The number of carbonyl (C=O) groups excluding carboxylic acids is 1. The van der Waals surface area contributed by atoms with Gasteiger partial charge in [-0.3, -0.25) is 4.79 Å². The molecule has 0 spiro atoms. The summed E-state index contributed by atoms with van der Waals surface area (Å²) in [5.41, 5.74) is 0.516. The molecule has 0 aliphatic rings. The third-order valence-corrected chi connectivity index (χ3v) is 3.92. The highest BCUT2D eigenvalue weighted by Crippen LogP contribution is 2.23. The zero-order valence-corrected chi connectivity index (χ0v) is 11.7. The molecule has 0 N–H and O–H groups in total. The molecule has 0 bridgehead atoms. The van der Waals surface area contributed by atoms with Crippen molar-refractivity contribution in [1.29, 1.82) is 0 Å². The van der Waals surface area contributed by atoms with Crippen LogP contribution in [0.4, 0.5) is 0 Å². The van der Waals surface area contributed by atoms with Crippen LogP contribution < -0.4 is 0 Å². The predicted molar refractivity (Wildman–Crippen MR) is 66.4 cm³/mol. The van der Waals surface area contributed by atoms with Crippen molar-refractivity contribution in [3.8, 4) is 0 Å². The lowest BCUT2D eigenvalue weighted by Gasteiger charge is -2.07. The van der Waals surface area contributed by atoms with E-state index in [-0.39, 0.29) is 16.6 Å². The second kappa shape index (κ2) is 4.67. The van der Waals surface area contributed by atoms with E-state index in [4.69, 9.17) is 0 Å². The van der Waals surface area contributed by atoms with Crippen LogP contribution in [0.5, 0.6) is 0 Å². The summed E-state index contributed by atoms with van der Waals surface area (Å²) in [7, 11) is -3.23. The smallest absolute Gasteiger partial charge is 0.175 e. The number of Topliss-reactive ketones (excluding diaryl/α,β-unsaturated/α-hetero) is 1. The Kier molecular flexibility index (Phi) is 3.91. The molecule has 88 valence electrons. The van der Waals surface area contributed by atoms with Gasteiger partial charge in [0.05, 0.1) is 4.90 Å². The quantitative estimate of drug-likeness (QED) is 0.807. The zero-order chi connectivity index (χ0) is 12.5. The number of benzene rings is 1. The highest BCUT2D eigenvalue weighted by atomic mass is 79.9. The van der Waals surface area contributed by atoms with Crippen LogP contribution in [0.3, 0.4) is 0 Å². The zero-order valence-electron chi connectivity index (χ0n) is 9.32. The van der Waals surface area contributed by atoms with E-state index in [1.54, 1.807) is 19.9 Å². The first-order chi connectivity index (χ1) is 7.23. The van der Waals surface area contributed by atoms with E-state index in [1.165, 1.54) is 12.1 Å². The summed E-state index contributed by atoms with van der Waals surface area (Å²) in [5.74, 6) is -0.118. The van der Waals surface area contributed by atoms with E-state index in [0.717, 1.165) is 6.26 Å². The predicted octanol–water partition coefficient (Wildman–Crippen LogP) is 2.69. The average Bonchev–Trinajstić information content (AvgIpc) is 2.15. The van der Waals surface area contributed by atoms with E-state index in [1.807, 2.05) is 0 Å². The lowest BCUT2D eigenvalue weighted by molar-refractivity contribution is 0.0938. The summed E-state index contributed by atoms with van der Waals surface area (Å²) in [5, 5.41) is 0. The number of sulfone groups is 1. The van der Waals surface area contributed by atoms with Gasteiger partial charge in [0, 0.05) is 22.2 Å². The molecule has 0 radical (unpaired) electrons. The molecule has 0 aliphatic carbocycles. The minimum absolute atomic E-state index is 0.00748. The Morgan fingerprint density at radius 2 is 1.88 bits per heavy atom. The van der Waals surface area contributed by atoms with Crippen molar-refractivity contribution in [2.75, 3.05) is 6.26 Å². The van der Waals surface area contributed by atoms with Crippen molar-refractivity contribution in [3.63, 3.8) is 0 Å². The van der Waals surface area contributed by atoms with Crippen molar-refractivity contribution in [1.82, 2.24) is 0 Å². The van der Waals surface area contributed by atoms with Crippen molar-refractivity contribution in [2.45, 2.75) is 18.7 Å². The van der Waals surface area contributed by atoms with E-state index in [2.05, 4.69) is 15.9 Å². The fourth-order valence-corrected chi connectivity index (χ4v) is 2.61. The van der Waals surface area contributed by atoms with Crippen LogP contribution in [0, 0.1) is 5.92 Å². The summed E-state index contributed by atoms with van der Waals surface area (Å²) >= 11 is 3.22. The standard InChI is InChI=1S/C11H13BrO3S/c1-7(2)11(13)9-5-4-8(6-10(9)12)16(3,14)15/h4-7H,1-3H3. The molecular formula is C11H13BrO3S. The number of halogens is 1. The minimum atomic E-state index is -3.23. The van der Waals surface area contributed by atoms with Gasteiger partial charge in [-0.05, 0) is 18.2 Å². The molecule has 16 heavy (non-hydrogen) atoms. The Hall–Kier alpha value is -0.680. The molecule has 1 aromatic carbocycles. The van der Waals surface area contributed by atoms with Gasteiger partial charge < -0.3 is 0 Å². The van der Waals surface area contributed by atoms with Crippen molar-refractivity contribution < 1.29 is 13.2 Å². The van der Waals surface area contributed by atoms with E-state index in [0.29, 0.717) is 10.0 Å². The first-order valence-electron chi connectivity index (χ1n) is 4.77. The summed E-state index contributed by atoms with van der Waals surface area (Å²) in [6, 6.07) is 4.46. The molecular weight excluding hydrogens is 292 g/mol. The Morgan fingerprint density at radius 3 is 2.25 bits per heavy atom. The lowest BCUT2D eigenvalue weighted by atomic mass is 10.0. The Bertz CT molecular complexity index is 518. The van der Waals surface area contributed by atoms with Crippen molar-refractivity contribution in [3.05, 3.63) is 28.2 Å². The number of ketones is 1. The molecule has 0 aromatic heterocycles. The number of rotatable bonds is 3. The highest BCUT2D eigenvalue weighted by Gasteiger charge is 2.16. The van der Waals surface area contributed by atoms with E-state index >= 15 is 0 Å². The first-order valence-corrected chi connectivity index (χ1v) is 7.45. The summed E-state index contributed by atoms with van der Waals surface area (Å²) in [4.78, 5) is 12.0. The molecule has 0 fully saturated rings. The van der Waals surface area contributed by atoms with Crippen LogP contribution in [0.1, 0.15) is 24.2 Å². The molecule has 1 aromatic rings. The van der Waals surface area contributed by atoms with Crippen LogP contribution in [-0.2, 0) is 9.84 Å². The topological polar surface area (TPSA) is 51.2 Å². The maximum Gasteiger partial charge on any atom is 0.175 e. The molecule has 0 heterocycles. The molecule has 0 aliphatic heterocycles. The van der Waals surface area contributed by atoms with Crippen molar-refractivity contribution in [2.24, 2.45) is 5.92 Å². The van der Waals surface area contributed by atoms with Gasteiger partial charge >= 0.3 is 0 Å². The SMILES string of the molecule is CC(C)C(=O)c1ccc(S(C)(=O)=O)cc1Br. The normalized spacial score (nSPS) is 11.8. The molecule has 1 rings (SSSR count). The van der Waals surface area contributed by atoms with Gasteiger partial charge in [-0.25, -0.2) is 8.42 Å². The fourth-order valence-electron chi connectivity index (χ4n) is 1.24. The van der Waals surface area contributed by atoms with Gasteiger partial charge in [0.25, 0.3) is 0 Å². The number of hydrogen-bond acceptors (Lipinski definition) is 3. The lowest BCUT2D eigenvalue weighted by Crippen LogP contribution is -2.09. The van der Waals surface area contributed by atoms with Crippen LogP contribution >= 0.6 is 15.9 Å². The molecule has 0 saturated carbocycles. The maximum absolute atomic E-state index is 11.7. The summed E-state index contributed by atoms with van der Waals surface area (Å²) in [6.07, 6.45) is 1.14. The van der Waals surface area contributed by atoms with Gasteiger partial charge in [-0.15, -0.1) is 0 Å². The average molecular weight is 305 g/mol. The molecule has 0 amide bonds. The fraction of sp³-hybridized carbons (Fsp3) is 0.364. The highest BCUT2D eigenvalue weighted by molar-refractivity contribution is 9.10. The van der Waals surface area contributed by atoms with Gasteiger partial charge in [-0.2, -0.15) is 0 Å². The Labute approximate surface area is 104 Å². The van der Waals surface area contributed by atoms with Gasteiger partial charge in [0.15, 0.2) is 15.6 Å². The number of carbonyl (C=O) groups is 1. The third-order valence-electron chi connectivity index (χ3n) is 2.16.